The maximum absolute atomic E-state index is 11.5. The Morgan fingerprint density at radius 2 is 2.32 bits per heavy atom. The molecule has 1 aromatic rings. The van der Waals surface area contributed by atoms with E-state index in [1.165, 1.54) is 13.2 Å². The molecule has 0 bridgehead atoms. The lowest BCUT2D eigenvalue weighted by molar-refractivity contribution is -0.384. The maximum Gasteiger partial charge on any atom is 0.310 e. The van der Waals surface area contributed by atoms with Gasteiger partial charge in [-0.2, -0.15) is 0 Å². The largest absolute Gasteiger partial charge is 0.469 e. The number of hydrogen-bond acceptors (Lipinski definition) is 5. The Hall–Kier alpha value is -1.38. The first-order valence-electron chi connectivity index (χ1n) is 5.79. The van der Waals surface area contributed by atoms with Crippen LogP contribution in [0.3, 0.4) is 0 Å². The molecule has 1 aliphatic heterocycles. The van der Waals surface area contributed by atoms with E-state index in [0.29, 0.717) is 6.54 Å². The number of nitrogens with zero attached hydrogens (tertiary/aromatic N) is 2. The fourth-order valence-electron chi connectivity index (χ4n) is 2.20. The second kappa shape index (κ2) is 5.72. The van der Waals surface area contributed by atoms with Crippen LogP contribution < -0.4 is 4.90 Å². The summed E-state index contributed by atoms with van der Waals surface area (Å²) in [6.07, 6.45) is 0.750. The average Bonchev–Trinajstić information content (AvgIpc) is 2.87. The van der Waals surface area contributed by atoms with Crippen molar-refractivity contribution >= 4 is 39.9 Å². The highest BCUT2D eigenvalue weighted by Crippen LogP contribution is 2.31. The first-order valence-corrected chi connectivity index (χ1v) is 6.87. The van der Waals surface area contributed by atoms with Crippen LogP contribution in [0.4, 0.5) is 11.4 Å². The smallest absolute Gasteiger partial charge is 0.310 e. The molecule has 1 aliphatic rings. The van der Waals surface area contributed by atoms with Crippen molar-refractivity contribution in [3.05, 3.63) is 31.9 Å². The molecule has 0 aliphatic carbocycles. The Balaban J connectivity index is 2.16. The molecule has 2 rings (SSSR count). The van der Waals surface area contributed by atoms with Gasteiger partial charge in [-0.05, 0) is 35.1 Å². The summed E-state index contributed by atoms with van der Waals surface area (Å²) in [6, 6.07) is 4.77. The molecule has 0 N–H and O–H groups in total. The van der Waals surface area contributed by atoms with Crippen molar-refractivity contribution in [2.75, 3.05) is 25.1 Å². The van der Waals surface area contributed by atoms with Crippen molar-refractivity contribution in [1.82, 2.24) is 0 Å². The first kappa shape index (κ1) is 14.0. The van der Waals surface area contributed by atoms with Gasteiger partial charge in [-0.25, -0.2) is 0 Å². The third-order valence-corrected chi connectivity index (χ3v) is 4.07. The highest BCUT2D eigenvalue weighted by Gasteiger charge is 2.30. The Bertz CT molecular complexity index is 520. The minimum Gasteiger partial charge on any atom is -0.469 e. The van der Waals surface area contributed by atoms with Gasteiger partial charge >= 0.3 is 5.97 Å². The number of rotatable bonds is 3. The van der Waals surface area contributed by atoms with Crippen molar-refractivity contribution in [2.45, 2.75) is 6.42 Å². The number of nitro benzene ring substituents is 1. The Morgan fingerprint density at radius 1 is 1.58 bits per heavy atom. The van der Waals surface area contributed by atoms with Crippen molar-refractivity contribution in [1.29, 1.82) is 0 Å². The summed E-state index contributed by atoms with van der Waals surface area (Å²) in [5, 5.41) is 10.7. The van der Waals surface area contributed by atoms with Gasteiger partial charge in [0.15, 0.2) is 0 Å². The standard InChI is InChI=1S/C12H13IN2O4/c1-19-12(16)8-4-5-14(7-8)11-3-2-9(15(17)18)6-10(11)13/h2-3,6,8H,4-5,7H2,1H3. The molecule has 1 heterocycles. The summed E-state index contributed by atoms with van der Waals surface area (Å²) < 4.78 is 5.56. The van der Waals surface area contributed by atoms with Gasteiger partial charge in [0, 0.05) is 28.8 Å². The van der Waals surface area contributed by atoms with E-state index in [9.17, 15) is 14.9 Å². The van der Waals surface area contributed by atoms with E-state index >= 15 is 0 Å². The molecule has 1 atom stereocenters. The number of methoxy groups -OCH3 is 1. The van der Waals surface area contributed by atoms with Crippen molar-refractivity contribution in [3.8, 4) is 0 Å². The summed E-state index contributed by atoms with van der Waals surface area (Å²) >= 11 is 2.08. The van der Waals surface area contributed by atoms with E-state index < -0.39 is 4.92 Å². The van der Waals surface area contributed by atoms with Crippen LogP contribution in [0.25, 0.3) is 0 Å². The molecule has 0 spiro atoms. The van der Waals surface area contributed by atoms with Crippen LogP contribution in [-0.4, -0.2) is 31.1 Å². The summed E-state index contributed by atoms with van der Waals surface area (Å²) in [4.78, 5) is 23.8. The van der Waals surface area contributed by atoms with Crippen LogP contribution in [-0.2, 0) is 9.53 Å². The van der Waals surface area contributed by atoms with E-state index in [2.05, 4.69) is 27.5 Å². The van der Waals surface area contributed by atoms with Gasteiger partial charge in [-0.15, -0.1) is 0 Å². The molecule has 102 valence electrons. The molecular weight excluding hydrogens is 363 g/mol. The van der Waals surface area contributed by atoms with Gasteiger partial charge in [0.05, 0.1) is 23.6 Å². The van der Waals surface area contributed by atoms with Gasteiger partial charge in [0.25, 0.3) is 5.69 Å². The topological polar surface area (TPSA) is 72.7 Å². The normalized spacial score (nSPS) is 18.4. The lowest BCUT2D eigenvalue weighted by atomic mass is 10.1. The van der Waals surface area contributed by atoms with Crippen molar-refractivity contribution in [2.24, 2.45) is 5.92 Å². The second-order valence-electron chi connectivity index (χ2n) is 4.35. The number of nitro groups is 1. The monoisotopic (exact) mass is 376 g/mol. The van der Waals surface area contributed by atoms with Crippen LogP contribution >= 0.6 is 22.6 Å². The second-order valence-corrected chi connectivity index (χ2v) is 5.51. The molecule has 0 amide bonds. The fraction of sp³-hybridized carbons (Fsp3) is 0.417. The zero-order chi connectivity index (χ0) is 14.0. The highest BCUT2D eigenvalue weighted by atomic mass is 127. The predicted octanol–water partition coefficient (Wildman–Crippen LogP) is 2.20. The zero-order valence-corrected chi connectivity index (χ0v) is 12.5. The highest BCUT2D eigenvalue weighted by molar-refractivity contribution is 14.1. The number of esters is 1. The summed E-state index contributed by atoms with van der Waals surface area (Å²) in [6.45, 7) is 1.36. The first-order chi connectivity index (χ1) is 9.02. The predicted molar refractivity (Wildman–Crippen MR) is 78.1 cm³/mol. The molecular formula is C12H13IN2O4. The number of anilines is 1. The van der Waals surface area contributed by atoms with Crippen LogP contribution in [0.15, 0.2) is 18.2 Å². The summed E-state index contributed by atoms with van der Waals surface area (Å²) in [5.41, 5.74) is 1.01. The van der Waals surface area contributed by atoms with Crippen LogP contribution in [0.5, 0.6) is 0 Å². The number of ether oxygens (including phenoxy) is 1. The van der Waals surface area contributed by atoms with Gasteiger partial charge < -0.3 is 9.64 Å². The number of benzene rings is 1. The summed E-state index contributed by atoms with van der Waals surface area (Å²) in [5.74, 6) is -0.310. The van der Waals surface area contributed by atoms with Gasteiger partial charge in [-0.1, -0.05) is 0 Å². The van der Waals surface area contributed by atoms with E-state index in [1.54, 1.807) is 12.1 Å². The lowest BCUT2D eigenvalue weighted by Crippen LogP contribution is -2.24. The maximum atomic E-state index is 11.5. The van der Waals surface area contributed by atoms with E-state index in [0.717, 1.165) is 22.2 Å². The van der Waals surface area contributed by atoms with Crippen LogP contribution in [0.2, 0.25) is 0 Å². The molecule has 7 heteroatoms. The zero-order valence-electron chi connectivity index (χ0n) is 10.3. The molecule has 1 saturated heterocycles. The Kier molecular flexibility index (Phi) is 4.23. The van der Waals surface area contributed by atoms with Crippen molar-refractivity contribution in [3.63, 3.8) is 0 Å². The molecule has 19 heavy (non-hydrogen) atoms. The van der Waals surface area contributed by atoms with Crippen molar-refractivity contribution < 1.29 is 14.5 Å². The fourth-order valence-corrected chi connectivity index (χ4v) is 3.04. The number of carbonyl (C=O) groups excluding carboxylic acids is 1. The average molecular weight is 376 g/mol. The summed E-state index contributed by atoms with van der Waals surface area (Å²) in [7, 11) is 1.39. The molecule has 0 saturated carbocycles. The number of non-ortho nitro benzene ring substituents is 1. The van der Waals surface area contributed by atoms with Gasteiger partial charge in [0.1, 0.15) is 0 Å². The SMILES string of the molecule is COC(=O)C1CCN(c2ccc([N+](=O)[O-])cc2I)C1. The third kappa shape index (κ3) is 2.96. The molecule has 1 aromatic carbocycles. The van der Waals surface area contributed by atoms with Gasteiger partial charge in [-0.3, -0.25) is 14.9 Å². The van der Waals surface area contributed by atoms with E-state index in [-0.39, 0.29) is 17.6 Å². The number of halogens is 1. The number of carbonyl (C=O) groups is 1. The van der Waals surface area contributed by atoms with Gasteiger partial charge in [0.2, 0.25) is 0 Å². The van der Waals surface area contributed by atoms with Crippen LogP contribution in [0.1, 0.15) is 6.42 Å². The van der Waals surface area contributed by atoms with Crippen LogP contribution in [0, 0.1) is 19.6 Å². The molecule has 6 nitrogen and oxygen atoms in total. The lowest BCUT2D eigenvalue weighted by Gasteiger charge is -2.19. The molecule has 0 aromatic heterocycles. The Labute approximate surface area is 124 Å². The Morgan fingerprint density at radius 3 is 2.89 bits per heavy atom. The molecule has 1 fully saturated rings. The number of hydrogen-bond donors (Lipinski definition) is 0. The molecule has 1 unspecified atom stereocenters. The van der Waals surface area contributed by atoms with E-state index in [4.69, 9.17) is 4.74 Å². The minimum absolute atomic E-state index is 0.0804. The minimum atomic E-state index is -0.410. The van der Waals surface area contributed by atoms with E-state index in [1.807, 2.05) is 0 Å². The third-order valence-electron chi connectivity index (χ3n) is 3.21. The molecule has 0 radical (unpaired) electrons. The quantitative estimate of drug-likeness (QED) is 0.350.